The molecule has 0 N–H and O–H groups in total. The Balaban J connectivity index is 1.45. The van der Waals surface area contributed by atoms with E-state index < -0.39 is 0 Å². The zero-order valence-electron chi connectivity index (χ0n) is 16.3. The molecule has 0 bridgehead atoms. The van der Waals surface area contributed by atoms with E-state index in [1.54, 1.807) is 0 Å². The molecule has 2 amide bonds. The maximum atomic E-state index is 13.0. The van der Waals surface area contributed by atoms with Crippen LogP contribution in [0.2, 0.25) is 5.02 Å². The molecule has 7 heteroatoms. The molecule has 0 unspecified atom stereocenters. The van der Waals surface area contributed by atoms with Crippen LogP contribution in [0.5, 0.6) is 0 Å². The summed E-state index contributed by atoms with van der Waals surface area (Å²) in [6, 6.07) is 15.1. The number of hydrogen-bond acceptors (Lipinski definition) is 4. The number of anilines is 2. The summed E-state index contributed by atoms with van der Waals surface area (Å²) in [6.07, 6.45) is 0.676. The van der Waals surface area contributed by atoms with Crippen LogP contribution in [0.3, 0.4) is 0 Å². The van der Waals surface area contributed by atoms with Crippen LogP contribution >= 0.6 is 11.6 Å². The average Bonchev–Trinajstić information content (AvgIpc) is 2.76. The van der Waals surface area contributed by atoms with E-state index in [1.807, 2.05) is 53.4 Å². The summed E-state index contributed by atoms with van der Waals surface area (Å²) in [5.74, 6) is -0.171. The Kier molecular flexibility index (Phi) is 5.53. The third-order valence-corrected chi connectivity index (χ3v) is 5.59. The lowest BCUT2D eigenvalue weighted by atomic mass is 10.1. The number of halogens is 1. The van der Waals surface area contributed by atoms with Crippen LogP contribution in [0.1, 0.15) is 18.4 Å². The van der Waals surface area contributed by atoms with Gasteiger partial charge in [0.15, 0.2) is 0 Å². The number of hydrogen-bond donors (Lipinski definition) is 0. The zero-order chi connectivity index (χ0) is 20.4. The second-order valence-electron chi connectivity index (χ2n) is 7.30. The summed E-state index contributed by atoms with van der Waals surface area (Å²) in [5, 5.41) is 6.45. The molecule has 29 heavy (non-hydrogen) atoms. The summed E-state index contributed by atoms with van der Waals surface area (Å²) in [6.45, 7) is 4.77. The van der Waals surface area contributed by atoms with Gasteiger partial charge in [-0.15, -0.1) is 0 Å². The van der Waals surface area contributed by atoms with Crippen molar-refractivity contribution in [1.29, 1.82) is 0 Å². The first-order valence-corrected chi connectivity index (χ1v) is 10.2. The Labute approximate surface area is 175 Å². The SMILES string of the molecule is Cc1ccc(Cl)cc1N1CCN(C(=O)C2=NN(c3ccccc3)C(=O)CC2)CC1. The number of carbonyl (C=O) groups is 2. The molecule has 2 aliphatic rings. The van der Waals surface area contributed by atoms with Gasteiger partial charge >= 0.3 is 0 Å². The molecule has 150 valence electrons. The van der Waals surface area contributed by atoms with Crippen molar-refractivity contribution in [2.75, 3.05) is 36.1 Å². The number of rotatable bonds is 3. The van der Waals surface area contributed by atoms with Crippen molar-refractivity contribution in [3.8, 4) is 0 Å². The lowest BCUT2D eigenvalue weighted by Gasteiger charge is -2.37. The normalized spacial score (nSPS) is 17.4. The predicted octanol–water partition coefficient (Wildman–Crippen LogP) is 3.48. The Morgan fingerprint density at radius 2 is 1.72 bits per heavy atom. The summed E-state index contributed by atoms with van der Waals surface area (Å²) < 4.78 is 0. The van der Waals surface area contributed by atoms with Crippen LogP contribution in [0.15, 0.2) is 53.6 Å². The van der Waals surface area contributed by atoms with Crippen molar-refractivity contribution in [3.63, 3.8) is 0 Å². The molecule has 0 atom stereocenters. The van der Waals surface area contributed by atoms with Crippen LogP contribution in [0.4, 0.5) is 11.4 Å². The third kappa shape index (κ3) is 4.12. The van der Waals surface area contributed by atoms with Crippen LogP contribution in [0, 0.1) is 6.92 Å². The molecule has 4 rings (SSSR count). The van der Waals surface area contributed by atoms with Crippen LogP contribution in [-0.4, -0.2) is 48.6 Å². The van der Waals surface area contributed by atoms with E-state index in [-0.39, 0.29) is 11.8 Å². The fraction of sp³-hybridized carbons (Fsp3) is 0.318. The van der Waals surface area contributed by atoms with Gasteiger partial charge in [-0.25, -0.2) is 5.01 Å². The smallest absolute Gasteiger partial charge is 0.270 e. The monoisotopic (exact) mass is 410 g/mol. The van der Waals surface area contributed by atoms with E-state index in [2.05, 4.69) is 16.9 Å². The number of hydrazone groups is 1. The molecule has 6 nitrogen and oxygen atoms in total. The molecular formula is C22H23ClN4O2. The summed E-state index contributed by atoms with van der Waals surface area (Å²) in [5.41, 5.74) is 3.41. The largest absolute Gasteiger partial charge is 0.368 e. The van der Waals surface area contributed by atoms with Gasteiger partial charge in [0.1, 0.15) is 5.71 Å². The van der Waals surface area contributed by atoms with Crippen molar-refractivity contribution in [2.24, 2.45) is 5.10 Å². The van der Waals surface area contributed by atoms with E-state index in [1.165, 1.54) is 10.6 Å². The first-order chi connectivity index (χ1) is 14.0. The number of nitrogens with zero attached hydrogens (tertiary/aromatic N) is 4. The highest BCUT2D eigenvalue weighted by atomic mass is 35.5. The maximum absolute atomic E-state index is 13.0. The predicted molar refractivity (Wildman–Crippen MR) is 116 cm³/mol. The molecule has 0 aliphatic carbocycles. The molecule has 1 fully saturated rings. The number of amides is 2. The first kappa shape index (κ1) is 19.5. The van der Waals surface area contributed by atoms with Crippen LogP contribution in [0.25, 0.3) is 0 Å². The highest BCUT2D eigenvalue weighted by Crippen LogP contribution is 2.26. The molecule has 0 aromatic heterocycles. The van der Waals surface area contributed by atoms with Gasteiger partial charge in [-0.3, -0.25) is 9.59 Å². The molecule has 2 heterocycles. The van der Waals surface area contributed by atoms with E-state index in [4.69, 9.17) is 11.6 Å². The topological polar surface area (TPSA) is 56.2 Å². The molecule has 0 spiro atoms. The molecule has 2 aromatic carbocycles. The van der Waals surface area contributed by atoms with Gasteiger partial charge in [-0.1, -0.05) is 35.9 Å². The minimum absolute atomic E-state index is 0.0825. The Morgan fingerprint density at radius 3 is 2.45 bits per heavy atom. The molecule has 2 aromatic rings. The Morgan fingerprint density at radius 1 is 1.00 bits per heavy atom. The van der Waals surface area contributed by atoms with Gasteiger partial charge in [0.05, 0.1) is 5.69 Å². The van der Waals surface area contributed by atoms with E-state index >= 15 is 0 Å². The van der Waals surface area contributed by atoms with Gasteiger partial charge in [0.25, 0.3) is 5.91 Å². The molecule has 2 aliphatic heterocycles. The van der Waals surface area contributed by atoms with E-state index in [0.717, 1.165) is 18.8 Å². The fourth-order valence-corrected chi connectivity index (χ4v) is 3.90. The van der Waals surface area contributed by atoms with Gasteiger partial charge in [-0.2, -0.15) is 5.10 Å². The van der Waals surface area contributed by atoms with Crippen LogP contribution < -0.4 is 9.91 Å². The van der Waals surface area contributed by atoms with Gasteiger partial charge in [0.2, 0.25) is 5.91 Å². The minimum atomic E-state index is -0.0889. The van der Waals surface area contributed by atoms with Crippen LogP contribution in [-0.2, 0) is 9.59 Å². The standard InChI is InChI=1S/C22H23ClN4O2/c1-16-7-8-17(23)15-20(16)25-11-13-26(14-12-25)22(29)19-9-10-21(28)27(24-19)18-5-3-2-4-6-18/h2-8,15H,9-14H2,1H3. The summed E-state index contributed by atoms with van der Waals surface area (Å²) in [4.78, 5) is 29.4. The number of aryl methyl sites for hydroxylation is 1. The van der Waals surface area contributed by atoms with Gasteiger partial charge in [-0.05, 0) is 36.8 Å². The van der Waals surface area contributed by atoms with Gasteiger partial charge < -0.3 is 9.80 Å². The van der Waals surface area contributed by atoms with Gasteiger partial charge in [0, 0.05) is 49.7 Å². The zero-order valence-corrected chi connectivity index (χ0v) is 17.1. The maximum Gasteiger partial charge on any atom is 0.270 e. The molecule has 0 saturated carbocycles. The van der Waals surface area contributed by atoms with Crippen molar-refractivity contribution < 1.29 is 9.59 Å². The minimum Gasteiger partial charge on any atom is -0.368 e. The molecule has 0 radical (unpaired) electrons. The number of para-hydroxylation sites is 1. The average molecular weight is 411 g/mol. The lowest BCUT2D eigenvalue weighted by Crippen LogP contribution is -2.51. The lowest BCUT2D eigenvalue weighted by molar-refractivity contribution is -0.124. The van der Waals surface area contributed by atoms with Crippen molar-refractivity contribution in [3.05, 3.63) is 59.1 Å². The van der Waals surface area contributed by atoms with Crippen molar-refractivity contribution in [2.45, 2.75) is 19.8 Å². The quantitative estimate of drug-likeness (QED) is 0.778. The highest BCUT2D eigenvalue weighted by Gasteiger charge is 2.30. The van der Waals surface area contributed by atoms with E-state index in [9.17, 15) is 9.59 Å². The molecule has 1 saturated heterocycles. The van der Waals surface area contributed by atoms with Crippen molar-refractivity contribution >= 4 is 40.5 Å². The second kappa shape index (κ2) is 8.25. The van der Waals surface area contributed by atoms with Crippen molar-refractivity contribution in [1.82, 2.24) is 4.90 Å². The first-order valence-electron chi connectivity index (χ1n) is 9.79. The Hall–Kier alpha value is -2.86. The summed E-state index contributed by atoms with van der Waals surface area (Å²) in [7, 11) is 0. The Bertz CT molecular complexity index is 953. The second-order valence-corrected chi connectivity index (χ2v) is 7.73. The molecular weight excluding hydrogens is 388 g/mol. The number of benzene rings is 2. The number of piperazine rings is 1. The number of carbonyl (C=O) groups excluding carboxylic acids is 2. The highest BCUT2D eigenvalue weighted by molar-refractivity contribution is 6.40. The summed E-state index contributed by atoms with van der Waals surface area (Å²) >= 11 is 6.15. The fourth-order valence-electron chi connectivity index (χ4n) is 3.73. The third-order valence-electron chi connectivity index (χ3n) is 5.36. The van der Waals surface area contributed by atoms with E-state index in [0.29, 0.717) is 42.4 Å².